The van der Waals surface area contributed by atoms with Gasteiger partial charge in [0.1, 0.15) is 17.0 Å². The zero-order valence-electron chi connectivity index (χ0n) is 15.4. The molecule has 1 aromatic carbocycles. The Bertz CT molecular complexity index is 1230. The number of rotatable bonds is 4. The van der Waals surface area contributed by atoms with Crippen LogP contribution in [0.2, 0.25) is 5.02 Å². The molecule has 3 aromatic heterocycles. The number of nitrogens with one attached hydrogen (secondary N) is 1. The van der Waals surface area contributed by atoms with E-state index in [0.717, 1.165) is 11.6 Å². The highest BCUT2D eigenvalue weighted by Gasteiger charge is 2.36. The van der Waals surface area contributed by atoms with Gasteiger partial charge in [0.05, 0.1) is 6.54 Å². The van der Waals surface area contributed by atoms with E-state index in [1.54, 1.807) is 0 Å². The Morgan fingerprint density at radius 3 is 2.63 bits per heavy atom. The largest absolute Gasteiger partial charge is 0.433 e. The first kappa shape index (κ1) is 19.8. The van der Waals surface area contributed by atoms with E-state index < -0.39 is 23.5 Å². The molecule has 0 aliphatic rings. The Morgan fingerprint density at radius 2 is 1.93 bits per heavy atom. The van der Waals surface area contributed by atoms with Gasteiger partial charge in [0.15, 0.2) is 11.3 Å². The Morgan fingerprint density at radius 1 is 1.20 bits per heavy atom. The van der Waals surface area contributed by atoms with Crippen LogP contribution in [0.4, 0.5) is 19.1 Å². The van der Waals surface area contributed by atoms with Gasteiger partial charge in [-0.3, -0.25) is 10.1 Å². The molecule has 0 fully saturated rings. The number of fused-ring (bicyclic) bond motifs is 1. The fourth-order valence-electron chi connectivity index (χ4n) is 2.82. The van der Waals surface area contributed by atoms with Gasteiger partial charge in [-0.15, -0.1) is 5.10 Å². The lowest BCUT2D eigenvalue weighted by Crippen LogP contribution is -2.16. The van der Waals surface area contributed by atoms with Crippen LogP contribution in [0.5, 0.6) is 0 Å². The third kappa shape index (κ3) is 3.83. The van der Waals surface area contributed by atoms with Crippen molar-refractivity contribution in [2.24, 2.45) is 0 Å². The van der Waals surface area contributed by atoms with Crippen molar-refractivity contribution in [1.29, 1.82) is 0 Å². The number of nitrogens with zero attached hydrogens (tertiary/aromatic N) is 6. The molecule has 0 aliphatic heterocycles. The first-order valence-corrected chi connectivity index (χ1v) is 8.98. The molecule has 4 rings (SSSR count). The molecule has 0 unspecified atom stereocenters. The Hall–Kier alpha value is -3.47. The van der Waals surface area contributed by atoms with E-state index in [2.05, 4.69) is 25.5 Å². The summed E-state index contributed by atoms with van der Waals surface area (Å²) in [5.41, 5.74) is -0.706. The molecule has 0 saturated heterocycles. The summed E-state index contributed by atoms with van der Waals surface area (Å²) >= 11 is 6.10. The predicted molar refractivity (Wildman–Crippen MR) is 101 cm³/mol. The number of halogens is 4. The van der Waals surface area contributed by atoms with Crippen LogP contribution in [0.25, 0.3) is 5.65 Å². The van der Waals surface area contributed by atoms with Crippen molar-refractivity contribution in [2.45, 2.75) is 19.6 Å². The fraction of sp³-hybridized carbons (Fsp3) is 0.167. The van der Waals surface area contributed by atoms with Crippen molar-refractivity contribution < 1.29 is 18.0 Å². The first-order valence-electron chi connectivity index (χ1n) is 8.60. The molecule has 1 N–H and O–H groups in total. The topological polar surface area (TPSA) is 90.0 Å². The number of alkyl halides is 3. The lowest BCUT2D eigenvalue weighted by molar-refractivity contribution is -0.142. The minimum absolute atomic E-state index is 0.0377. The molecule has 0 radical (unpaired) electrons. The summed E-state index contributed by atoms with van der Waals surface area (Å²) in [4.78, 5) is 20.5. The van der Waals surface area contributed by atoms with E-state index in [0.29, 0.717) is 11.1 Å². The van der Waals surface area contributed by atoms with Crippen LogP contribution in [0.1, 0.15) is 27.4 Å². The van der Waals surface area contributed by atoms with Gasteiger partial charge < -0.3 is 0 Å². The Kier molecular flexibility index (Phi) is 4.90. The molecule has 154 valence electrons. The van der Waals surface area contributed by atoms with Crippen LogP contribution in [0.3, 0.4) is 0 Å². The van der Waals surface area contributed by atoms with Crippen molar-refractivity contribution >= 4 is 29.1 Å². The fourth-order valence-corrected chi connectivity index (χ4v) is 3.07. The third-order valence-electron chi connectivity index (χ3n) is 4.12. The van der Waals surface area contributed by atoms with Gasteiger partial charge in [-0.2, -0.15) is 18.3 Å². The quantitative estimate of drug-likeness (QED) is 0.529. The monoisotopic (exact) mass is 435 g/mol. The van der Waals surface area contributed by atoms with Gasteiger partial charge in [-0.05, 0) is 18.6 Å². The minimum atomic E-state index is -4.70. The molecule has 0 spiro atoms. The normalized spacial score (nSPS) is 11.8. The zero-order chi connectivity index (χ0) is 21.5. The first-order chi connectivity index (χ1) is 14.2. The van der Waals surface area contributed by atoms with E-state index in [1.807, 2.05) is 30.3 Å². The highest BCUT2D eigenvalue weighted by Crippen LogP contribution is 2.32. The summed E-state index contributed by atoms with van der Waals surface area (Å²) in [5, 5.41) is 9.93. The molecule has 8 nitrogen and oxygen atoms in total. The summed E-state index contributed by atoms with van der Waals surface area (Å²) in [7, 11) is 0. The van der Waals surface area contributed by atoms with Gasteiger partial charge in [0.2, 0.25) is 5.95 Å². The summed E-state index contributed by atoms with van der Waals surface area (Å²) in [6.07, 6.45) is -3.28. The molecule has 0 saturated carbocycles. The highest BCUT2D eigenvalue weighted by atomic mass is 35.5. The summed E-state index contributed by atoms with van der Waals surface area (Å²) in [6, 6.07) is 10.3. The van der Waals surface area contributed by atoms with E-state index >= 15 is 0 Å². The minimum Gasteiger partial charge on any atom is -0.288 e. The van der Waals surface area contributed by atoms with Crippen LogP contribution < -0.4 is 5.32 Å². The van der Waals surface area contributed by atoms with Gasteiger partial charge in [-0.25, -0.2) is 19.2 Å². The smallest absolute Gasteiger partial charge is 0.288 e. The molecule has 0 bridgehead atoms. The Labute approximate surface area is 172 Å². The lowest BCUT2D eigenvalue weighted by Gasteiger charge is -2.09. The van der Waals surface area contributed by atoms with E-state index in [1.165, 1.54) is 17.9 Å². The van der Waals surface area contributed by atoms with Crippen LogP contribution in [-0.4, -0.2) is 35.3 Å². The van der Waals surface area contributed by atoms with E-state index in [4.69, 9.17) is 11.6 Å². The molecule has 0 atom stereocenters. The van der Waals surface area contributed by atoms with Gasteiger partial charge in [-0.1, -0.05) is 41.9 Å². The second-order valence-electron chi connectivity index (χ2n) is 6.38. The maximum atomic E-state index is 13.3. The van der Waals surface area contributed by atoms with Crippen LogP contribution >= 0.6 is 11.6 Å². The second-order valence-corrected chi connectivity index (χ2v) is 6.76. The number of aryl methyl sites for hydroxylation is 1. The third-order valence-corrected chi connectivity index (χ3v) is 4.46. The van der Waals surface area contributed by atoms with E-state index in [9.17, 15) is 18.0 Å². The van der Waals surface area contributed by atoms with Crippen molar-refractivity contribution in [3.63, 3.8) is 0 Å². The number of amides is 1. The summed E-state index contributed by atoms with van der Waals surface area (Å²) in [5.74, 6) is -0.891. The van der Waals surface area contributed by atoms with Crippen molar-refractivity contribution in [1.82, 2.24) is 29.4 Å². The summed E-state index contributed by atoms with van der Waals surface area (Å²) in [6.45, 7) is 1.82. The molecule has 4 aromatic rings. The van der Waals surface area contributed by atoms with Crippen LogP contribution in [0.15, 0.2) is 42.7 Å². The van der Waals surface area contributed by atoms with Crippen molar-refractivity contribution in [3.05, 3.63) is 70.4 Å². The number of benzene rings is 1. The predicted octanol–water partition coefficient (Wildman–Crippen LogP) is 3.60. The molecule has 12 heteroatoms. The van der Waals surface area contributed by atoms with Gasteiger partial charge in [0.25, 0.3) is 5.91 Å². The average molecular weight is 436 g/mol. The molecule has 3 heterocycles. The number of anilines is 1. The number of carbonyl (C=O) groups excluding carboxylic acids is 1. The van der Waals surface area contributed by atoms with Crippen molar-refractivity contribution in [2.75, 3.05) is 5.32 Å². The molecule has 1 amide bonds. The summed E-state index contributed by atoms with van der Waals surface area (Å²) < 4.78 is 41.9. The maximum absolute atomic E-state index is 13.3. The number of carbonyl (C=O) groups is 1. The van der Waals surface area contributed by atoms with Gasteiger partial charge >= 0.3 is 6.18 Å². The SMILES string of the molecule is Cc1cc(C(F)(F)F)n2nc(C(=O)Nc3ncn(Cc4ccccc4)n3)c(Cl)c2n1. The Balaban J connectivity index is 1.61. The highest BCUT2D eigenvalue weighted by molar-refractivity contribution is 6.37. The standard InChI is InChI=1S/C18H13ClF3N7O/c1-10-7-12(18(20,21)22)29-15(24-10)13(19)14(26-29)16(30)25-17-23-9-28(27-17)8-11-5-3-2-4-6-11/h2-7,9H,8H2,1H3,(H,25,27,30). The number of aromatic nitrogens is 6. The lowest BCUT2D eigenvalue weighted by atomic mass is 10.2. The molecule has 30 heavy (non-hydrogen) atoms. The van der Waals surface area contributed by atoms with E-state index in [-0.39, 0.29) is 22.3 Å². The number of hydrogen-bond acceptors (Lipinski definition) is 5. The second kappa shape index (κ2) is 7.41. The molecular formula is C18H13ClF3N7O. The van der Waals surface area contributed by atoms with Crippen LogP contribution in [0, 0.1) is 6.92 Å². The maximum Gasteiger partial charge on any atom is 0.433 e. The average Bonchev–Trinajstić information content (AvgIpc) is 3.25. The van der Waals surface area contributed by atoms with Gasteiger partial charge in [0, 0.05) is 5.69 Å². The van der Waals surface area contributed by atoms with Crippen molar-refractivity contribution in [3.8, 4) is 0 Å². The van der Waals surface area contributed by atoms with Crippen LogP contribution in [-0.2, 0) is 12.7 Å². The number of hydrogen-bond donors (Lipinski definition) is 1. The zero-order valence-corrected chi connectivity index (χ0v) is 16.1. The molecule has 0 aliphatic carbocycles. The molecular weight excluding hydrogens is 423 g/mol.